The number of rotatable bonds is 4. The van der Waals surface area contributed by atoms with Gasteiger partial charge in [0.1, 0.15) is 18.2 Å². The third-order valence-corrected chi connectivity index (χ3v) is 3.77. The Balaban J connectivity index is 1.77. The number of aromatic nitrogens is 2. The molecule has 0 unspecified atom stereocenters. The number of nitrogen functional groups attached to an aromatic ring is 1. The summed E-state index contributed by atoms with van der Waals surface area (Å²) in [6.07, 6.45) is 1.71. The van der Waals surface area contributed by atoms with Gasteiger partial charge in [0, 0.05) is 5.56 Å². The topological polar surface area (TPSA) is 63.9 Å². The van der Waals surface area contributed by atoms with Crippen molar-refractivity contribution in [2.24, 2.45) is 0 Å². The molecule has 0 saturated heterocycles. The van der Waals surface area contributed by atoms with E-state index in [1.807, 2.05) is 48.5 Å². The Labute approximate surface area is 131 Å². The predicted octanol–water partition coefficient (Wildman–Crippen LogP) is 4.00. The minimum Gasteiger partial charge on any atom is -0.488 e. The molecule has 4 nitrogen and oxygen atoms in total. The second-order valence-electron chi connectivity index (χ2n) is 4.62. The van der Waals surface area contributed by atoms with Crippen molar-refractivity contribution in [3.05, 3.63) is 64.8 Å². The average molecular weight is 344 g/mol. The number of hydrogen-bond acceptors (Lipinski definition) is 3. The summed E-state index contributed by atoms with van der Waals surface area (Å²) in [5.74, 6) is 1.35. The van der Waals surface area contributed by atoms with E-state index in [2.05, 4.69) is 26.1 Å². The second kappa shape index (κ2) is 6.01. The van der Waals surface area contributed by atoms with E-state index in [1.165, 1.54) is 0 Å². The molecule has 3 rings (SSSR count). The number of nitrogens with one attached hydrogen (secondary N) is 1. The molecule has 3 aromatic rings. The zero-order valence-corrected chi connectivity index (χ0v) is 12.8. The summed E-state index contributed by atoms with van der Waals surface area (Å²) in [4.78, 5) is 0. The van der Waals surface area contributed by atoms with Crippen molar-refractivity contribution in [2.75, 3.05) is 5.73 Å². The fourth-order valence-corrected chi connectivity index (χ4v) is 2.54. The fraction of sp³-hybridized carbons (Fsp3) is 0.0625. The first-order valence-corrected chi connectivity index (χ1v) is 7.29. The highest BCUT2D eigenvalue weighted by Gasteiger charge is 2.08. The molecule has 2 aromatic carbocycles. The number of ether oxygens (including phenoxy) is 1. The molecular weight excluding hydrogens is 330 g/mol. The normalized spacial score (nSPS) is 10.5. The molecule has 0 saturated carbocycles. The molecular formula is C16H14BrN3O. The molecule has 0 bridgehead atoms. The van der Waals surface area contributed by atoms with Crippen LogP contribution in [0, 0.1) is 0 Å². The number of benzene rings is 2. The maximum atomic E-state index is 5.83. The summed E-state index contributed by atoms with van der Waals surface area (Å²) in [5.41, 5.74) is 8.83. The zero-order chi connectivity index (χ0) is 14.7. The molecule has 3 N–H and O–H groups in total. The molecule has 106 valence electrons. The lowest BCUT2D eigenvalue weighted by atomic mass is 10.1. The molecule has 1 heterocycles. The lowest BCUT2D eigenvalue weighted by Gasteiger charge is -2.09. The quantitative estimate of drug-likeness (QED) is 0.752. The Hall–Kier alpha value is -2.27. The standard InChI is InChI=1S/C16H14BrN3O/c17-14-8-12(13-9-19-20-16(13)18)6-7-15(14)21-10-11-4-2-1-3-5-11/h1-9H,10H2,(H3,18,19,20). The van der Waals surface area contributed by atoms with E-state index in [0.29, 0.717) is 12.4 Å². The highest BCUT2D eigenvalue weighted by atomic mass is 79.9. The largest absolute Gasteiger partial charge is 0.488 e. The molecule has 0 aliphatic heterocycles. The molecule has 0 fully saturated rings. The van der Waals surface area contributed by atoms with E-state index in [1.54, 1.807) is 6.20 Å². The van der Waals surface area contributed by atoms with Crippen molar-refractivity contribution in [1.29, 1.82) is 0 Å². The third kappa shape index (κ3) is 3.08. The van der Waals surface area contributed by atoms with E-state index in [4.69, 9.17) is 10.5 Å². The van der Waals surface area contributed by atoms with Gasteiger partial charge in [-0.2, -0.15) is 5.10 Å². The molecule has 0 aliphatic rings. The van der Waals surface area contributed by atoms with Gasteiger partial charge in [-0.1, -0.05) is 36.4 Å². The maximum Gasteiger partial charge on any atom is 0.134 e. The van der Waals surface area contributed by atoms with Gasteiger partial charge < -0.3 is 10.5 Å². The van der Waals surface area contributed by atoms with Crippen LogP contribution in [0.1, 0.15) is 5.56 Å². The first kappa shape index (κ1) is 13.7. The van der Waals surface area contributed by atoms with Gasteiger partial charge in [-0.25, -0.2) is 0 Å². The van der Waals surface area contributed by atoms with Gasteiger partial charge in [0.25, 0.3) is 0 Å². The minimum absolute atomic E-state index is 0.534. The van der Waals surface area contributed by atoms with Gasteiger partial charge in [-0.05, 0) is 39.2 Å². The van der Waals surface area contributed by atoms with Crippen LogP contribution in [0.2, 0.25) is 0 Å². The predicted molar refractivity (Wildman–Crippen MR) is 86.9 cm³/mol. The van der Waals surface area contributed by atoms with Crippen molar-refractivity contribution in [1.82, 2.24) is 10.2 Å². The highest BCUT2D eigenvalue weighted by molar-refractivity contribution is 9.10. The number of aromatic amines is 1. The van der Waals surface area contributed by atoms with Crippen molar-refractivity contribution < 1.29 is 4.74 Å². The van der Waals surface area contributed by atoms with E-state index in [9.17, 15) is 0 Å². The van der Waals surface area contributed by atoms with Gasteiger partial charge in [0.2, 0.25) is 0 Å². The number of nitrogens with two attached hydrogens (primary N) is 1. The summed E-state index contributed by atoms with van der Waals surface area (Å²) < 4.78 is 6.71. The van der Waals surface area contributed by atoms with Gasteiger partial charge in [-0.15, -0.1) is 0 Å². The molecule has 0 amide bonds. The van der Waals surface area contributed by atoms with Crippen LogP contribution in [-0.4, -0.2) is 10.2 Å². The lowest BCUT2D eigenvalue weighted by Crippen LogP contribution is -1.96. The van der Waals surface area contributed by atoms with Gasteiger partial charge in [0.15, 0.2) is 0 Å². The summed E-state index contributed by atoms with van der Waals surface area (Å²) in [6, 6.07) is 15.9. The van der Waals surface area contributed by atoms with E-state index in [0.717, 1.165) is 26.9 Å². The Morgan fingerprint density at radius 3 is 2.62 bits per heavy atom. The Bertz CT molecular complexity index is 740. The van der Waals surface area contributed by atoms with Crippen LogP contribution < -0.4 is 10.5 Å². The fourth-order valence-electron chi connectivity index (χ4n) is 2.05. The summed E-state index contributed by atoms with van der Waals surface area (Å²) in [6.45, 7) is 0.534. The van der Waals surface area contributed by atoms with Crippen molar-refractivity contribution in [3.63, 3.8) is 0 Å². The van der Waals surface area contributed by atoms with E-state index in [-0.39, 0.29) is 0 Å². The SMILES string of the molecule is Nc1[nH]ncc1-c1ccc(OCc2ccccc2)c(Br)c1. The Kier molecular flexibility index (Phi) is 3.92. The van der Waals surface area contributed by atoms with E-state index < -0.39 is 0 Å². The average Bonchev–Trinajstić information content (AvgIpc) is 2.93. The van der Waals surface area contributed by atoms with Crippen LogP contribution in [-0.2, 0) is 6.61 Å². The Morgan fingerprint density at radius 2 is 1.95 bits per heavy atom. The smallest absolute Gasteiger partial charge is 0.134 e. The lowest BCUT2D eigenvalue weighted by molar-refractivity contribution is 0.304. The van der Waals surface area contributed by atoms with E-state index >= 15 is 0 Å². The summed E-state index contributed by atoms with van der Waals surface area (Å²) >= 11 is 3.53. The first-order chi connectivity index (χ1) is 10.2. The van der Waals surface area contributed by atoms with Crippen LogP contribution in [0.3, 0.4) is 0 Å². The molecule has 0 aliphatic carbocycles. The first-order valence-electron chi connectivity index (χ1n) is 6.49. The zero-order valence-electron chi connectivity index (χ0n) is 11.2. The molecule has 0 radical (unpaired) electrons. The number of anilines is 1. The van der Waals surface area contributed by atoms with Gasteiger partial charge in [-0.3, -0.25) is 5.10 Å². The molecule has 5 heteroatoms. The molecule has 1 aromatic heterocycles. The summed E-state index contributed by atoms with van der Waals surface area (Å²) in [7, 11) is 0. The highest BCUT2D eigenvalue weighted by Crippen LogP contribution is 2.32. The van der Waals surface area contributed by atoms with Gasteiger partial charge in [0.05, 0.1) is 10.7 Å². The van der Waals surface area contributed by atoms with Gasteiger partial charge >= 0.3 is 0 Å². The second-order valence-corrected chi connectivity index (χ2v) is 5.47. The molecule has 0 spiro atoms. The number of halogens is 1. The third-order valence-electron chi connectivity index (χ3n) is 3.15. The molecule has 21 heavy (non-hydrogen) atoms. The number of H-pyrrole nitrogens is 1. The Morgan fingerprint density at radius 1 is 1.14 bits per heavy atom. The maximum absolute atomic E-state index is 5.83. The van der Waals surface area contributed by atoms with Crippen LogP contribution in [0.4, 0.5) is 5.82 Å². The minimum atomic E-state index is 0.534. The summed E-state index contributed by atoms with van der Waals surface area (Å²) in [5, 5.41) is 6.66. The van der Waals surface area contributed by atoms with Crippen molar-refractivity contribution >= 4 is 21.7 Å². The monoisotopic (exact) mass is 343 g/mol. The number of nitrogens with zero attached hydrogens (tertiary/aromatic N) is 1. The van der Waals surface area contributed by atoms with Crippen molar-refractivity contribution in [3.8, 4) is 16.9 Å². The van der Waals surface area contributed by atoms with Crippen LogP contribution in [0.5, 0.6) is 5.75 Å². The van der Waals surface area contributed by atoms with Crippen LogP contribution in [0.15, 0.2) is 59.2 Å². The van der Waals surface area contributed by atoms with Crippen LogP contribution >= 0.6 is 15.9 Å². The van der Waals surface area contributed by atoms with Crippen LogP contribution in [0.25, 0.3) is 11.1 Å². The number of hydrogen-bond donors (Lipinski definition) is 2. The van der Waals surface area contributed by atoms with Crippen molar-refractivity contribution in [2.45, 2.75) is 6.61 Å². The molecule has 0 atom stereocenters.